The number of nitrogens with zero attached hydrogens (tertiary/aromatic N) is 7. The summed E-state index contributed by atoms with van der Waals surface area (Å²) >= 11 is 0. The van der Waals surface area contributed by atoms with E-state index in [0.717, 1.165) is 0 Å². The molecule has 6 atom stereocenters. The van der Waals surface area contributed by atoms with E-state index in [1.165, 1.54) is 45.4 Å². The number of ether oxygens (including phenoxy) is 4. The van der Waals surface area contributed by atoms with Crippen LogP contribution < -0.4 is 11.4 Å². The second kappa shape index (κ2) is 29.4. The van der Waals surface area contributed by atoms with Crippen LogP contribution in [0.5, 0.6) is 0 Å². The molecule has 0 saturated carbocycles. The molecule has 2 aliphatic heterocycles. The number of aromatic nitrogens is 6. The smallest absolute Gasteiger partial charge is 0.416 e. The predicted octanol–water partition coefficient (Wildman–Crippen LogP) is 15.3. The molecule has 2 aliphatic rings. The normalized spacial score (nSPS) is 20.5. The number of likely N-dealkylation sites (tertiary alicyclic amines) is 2. The van der Waals surface area contributed by atoms with Crippen LogP contribution in [0.2, 0.25) is 0 Å². The average molecular weight is 1380 g/mol. The Morgan fingerprint density at radius 2 is 0.878 bits per heavy atom. The van der Waals surface area contributed by atoms with E-state index in [0.29, 0.717) is 46.5 Å². The van der Waals surface area contributed by atoms with Gasteiger partial charge in [-0.05, 0) is 116 Å². The van der Waals surface area contributed by atoms with Crippen LogP contribution in [-0.4, -0.2) is 77.8 Å². The Bertz CT molecular complexity index is 4130. The molecule has 2 N–H and O–H groups in total. The van der Waals surface area contributed by atoms with Gasteiger partial charge in [-0.1, -0.05) is 127 Å². The van der Waals surface area contributed by atoms with Gasteiger partial charge in [-0.15, -0.1) is 6.58 Å². The second-order valence-electron chi connectivity index (χ2n) is 24.0. The molecule has 98 heavy (non-hydrogen) atoms. The Labute approximate surface area is 552 Å². The first-order valence-electron chi connectivity index (χ1n) is 30.5. The van der Waals surface area contributed by atoms with Crippen molar-refractivity contribution in [3.05, 3.63) is 260 Å². The van der Waals surface area contributed by atoms with E-state index in [1.54, 1.807) is 121 Å². The lowest BCUT2D eigenvalue weighted by molar-refractivity contribution is -0.145. The Kier molecular flexibility index (Phi) is 21.7. The number of nitriles is 1. The maximum atomic E-state index is 14.2. The van der Waals surface area contributed by atoms with Gasteiger partial charge >= 0.3 is 48.3 Å². The number of amides is 2. The highest BCUT2D eigenvalue weighted by molar-refractivity contribution is 5.71. The van der Waals surface area contributed by atoms with E-state index in [2.05, 4.69) is 33.0 Å². The van der Waals surface area contributed by atoms with Crippen molar-refractivity contribution < 1.29 is 81.2 Å². The highest BCUT2D eigenvalue weighted by atomic mass is 19.4. The molecule has 6 aromatic carbocycles. The van der Waals surface area contributed by atoms with Gasteiger partial charge < -0.3 is 18.9 Å². The van der Waals surface area contributed by atoms with Crippen LogP contribution in [0.1, 0.15) is 120 Å². The monoisotopic (exact) mass is 1380 g/mol. The van der Waals surface area contributed by atoms with Gasteiger partial charge in [0.2, 0.25) is 0 Å². The van der Waals surface area contributed by atoms with E-state index >= 15 is 0 Å². The maximum absolute atomic E-state index is 14.2. The number of H-pyrrole nitrogens is 2. The van der Waals surface area contributed by atoms with Crippen LogP contribution in [0.25, 0.3) is 0 Å². The number of piperidine rings is 2. The predicted molar refractivity (Wildman–Crippen MR) is 330 cm³/mol. The average Bonchev–Trinajstić information content (AvgIpc) is 1.06. The van der Waals surface area contributed by atoms with E-state index in [1.807, 2.05) is 6.07 Å². The molecule has 2 saturated heterocycles. The van der Waals surface area contributed by atoms with Gasteiger partial charge in [-0.25, -0.2) is 29.4 Å². The molecule has 0 bridgehead atoms. The summed E-state index contributed by atoms with van der Waals surface area (Å²) < 4.78 is 190. The number of carbonyl (C=O) groups is 2. The van der Waals surface area contributed by atoms with Crippen molar-refractivity contribution >= 4 is 12.2 Å². The van der Waals surface area contributed by atoms with Gasteiger partial charge in [0.25, 0.3) is 0 Å². The third-order valence-corrected chi connectivity index (χ3v) is 17.8. The lowest BCUT2D eigenvalue weighted by Crippen LogP contribution is -2.63. The van der Waals surface area contributed by atoms with Gasteiger partial charge in [0.1, 0.15) is 25.9 Å². The minimum atomic E-state index is -5.06. The van der Waals surface area contributed by atoms with Crippen LogP contribution in [-0.2, 0) is 79.0 Å². The highest BCUT2D eigenvalue weighted by Crippen LogP contribution is 2.49. The fourth-order valence-corrected chi connectivity index (χ4v) is 12.5. The summed E-state index contributed by atoms with van der Waals surface area (Å²) in [5, 5.41) is 22.2. The number of carbonyl (C=O) groups excluding carboxylic acids is 2. The van der Waals surface area contributed by atoms with Crippen molar-refractivity contribution in [3.8, 4) is 6.07 Å². The zero-order valence-corrected chi connectivity index (χ0v) is 52.5. The first-order chi connectivity index (χ1) is 46.4. The van der Waals surface area contributed by atoms with Crippen LogP contribution in [0.15, 0.2) is 193 Å². The Hall–Kier alpha value is -9.95. The third kappa shape index (κ3) is 16.2. The van der Waals surface area contributed by atoms with E-state index < -0.39 is 105 Å². The third-order valence-electron chi connectivity index (χ3n) is 17.8. The lowest BCUT2D eigenvalue weighted by atomic mass is 9.73. The van der Waals surface area contributed by atoms with Crippen molar-refractivity contribution in [2.45, 2.75) is 125 Å². The first kappa shape index (κ1) is 72.3. The second-order valence-corrected chi connectivity index (χ2v) is 24.0. The summed E-state index contributed by atoms with van der Waals surface area (Å²) in [5.41, 5.74) is -10.3. The van der Waals surface area contributed by atoms with Gasteiger partial charge in [0.15, 0.2) is 0 Å². The molecule has 0 unspecified atom stereocenters. The zero-order chi connectivity index (χ0) is 70.9. The van der Waals surface area contributed by atoms with Crippen molar-refractivity contribution in [2.75, 3.05) is 26.3 Å². The molecular weight excluding hydrogens is 1310 g/mol. The summed E-state index contributed by atoms with van der Waals surface area (Å²) in [6, 6.07) is 39.7. The minimum absolute atomic E-state index is 0.0415. The molecular formula is C69H65F12N9O8. The number of rotatable bonds is 19. The largest absolute Gasteiger partial charge is 0.445 e. The van der Waals surface area contributed by atoms with Gasteiger partial charge in [0, 0.05) is 13.1 Å². The molecule has 10 rings (SSSR count). The fraction of sp³-hybridized carbons (Fsp3) is 0.348. The summed E-state index contributed by atoms with van der Waals surface area (Å²) in [7, 11) is 0. The molecule has 2 aromatic heterocycles. The van der Waals surface area contributed by atoms with Gasteiger partial charge in [-0.2, -0.15) is 68.1 Å². The van der Waals surface area contributed by atoms with Crippen molar-refractivity contribution in [2.24, 2.45) is 0 Å². The van der Waals surface area contributed by atoms with E-state index in [4.69, 9.17) is 18.9 Å². The number of nitrogens with one attached hydrogen (secondary N) is 2. The standard InChI is InChI=1S/C35H34F6N4O4.C34H31F6N5O4/c1-3-14-32(45-23-42-43-30(45)46)15-16-33(27-12-8-5-9-13-27,44(21-32)31(47)48-20-25-10-6-4-7-11-25)22-49-24(2)26-17-28(34(36,37)38)19-29(18-26)35(39,40)41;1-23(25-16-27(33(35,36)37)18-28(17-25)34(38,39)40)49-21-32(26-10-6-3-7-11-26)13-12-31(14-15-41,45-22-42-43-29(45)46)20-44(32)30(47)48-19-24-8-4-2-5-9-24/h3-13,17-19,23-24H,1,14-16,20-22H2,2H3,(H,43,46);2-11,16-18,22-23H,12-14,19-21H2,1H3,(H,43,46)/t24-,32+,33-;23-,31-,32-/m11/s1. The quantitative estimate of drug-likeness (QED) is 0.0576. The molecule has 0 aliphatic carbocycles. The highest BCUT2D eigenvalue weighted by Gasteiger charge is 2.55. The number of alkyl halides is 12. The van der Waals surface area contributed by atoms with Crippen LogP contribution >= 0.6 is 0 Å². The van der Waals surface area contributed by atoms with E-state index in [-0.39, 0.29) is 101 Å². The molecule has 518 valence electrons. The lowest BCUT2D eigenvalue weighted by Gasteiger charge is -2.53. The Morgan fingerprint density at radius 3 is 1.20 bits per heavy atom. The maximum Gasteiger partial charge on any atom is 0.416 e. The van der Waals surface area contributed by atoms with Gasteiger partial charge in [0.05, 0.1) is 82.3 Å². The van der Waals surface area contributed by atoms with E-state index in [9.17, 15) is 77.1 Å². The number of hydrogen-bond acceptors (Lipinski definition) is 11. The topological polar surface area (TPSA) is 203 Å². The summed E-state index contributed by atoms with van der Waals surface area (Å²) in [5.74, 6) is 0. The van der Waals surface area contributed by atoms with Crippen LogP contribution in [0, 0.1) is 11.3 Å². The van der Waals surface area contributed by atoms with Crippen molar-refractivity contribution in [1.29, 1.82) is 5.26 Å². The van der Waals surface area contributed by atoms with Crippen molar-refractivity contribution in [1.82, 2.24) is 39.3 Å². The molecule has 2 fully saturated rings. The minimum Gasteiger partial charge on any atom is -0.445 e. The summed E-state index contributed by atoms with van der Waals surface area (Å²) in [6.07, 6.45) is -19.5. The Morgan fingerprint density at radius 1 is 0.541 bits per heavy atom. The van der Waals surface area contributed by atoms with Gasteiger partial charge in [-0.3, -0.25) is 18.9 Å². The Balaban J connectivity index is 0.000000229. The summed E-state index contributed by atoms with van der Waals surface area (Å²) in [4.78, 5) is 56.8. The SMILES string of the molecule is C=CC[C@]1(n2cn[nH]c2=O)CC[C@@](CO[C@H](C)c2cc(C(F)(F)F)cc(C(F)(F)F)c2)(c2ccccc2)N(C(=O)OCc2ccccc2)C1.C[C@@H](OC[C@@]1(c2ccccc2)CC[C@](CC#N)(n2cn[nH]c2=O)CN1C(=O)OCc1ccccc1)c1cc(C(F)(F)F)cc(C(F)(F)F)c1. The fourth-order valence-electron chi connectivity index (χ4n) is 12.5. The van der Waals surface area contributed by atoms with Crippen LogP contribution in [0.3, 0.4) is 0 Å². The molecule has 8 aromatic rings. The van der Waals surface area contributed by atoms with Crippen molar-refractivity contribution in [3.63, 3.8) is 0 Å². The number of aromatic amines is 2. The first-order valence-corrected chi connectivity index (χ1v) is 30.5. The molecule has 2 amide bonds. The molecule has 0 spiro atoms. The molecule has 17 nitrogen and oxygen atoms in total. The zero-order valence-electron chi connectivity index (χ0n) is 52.5. The number of hydrogen-bond donors (Lipinski definition) is 2. The van der Waals surface area contributed by atoms with Crippen LogP contribution in [0.4, 0.5) is 62.3 Å². The molecule has 29 heteroatoms. The number of benzene rings is 6. The summed E-state index contributed by atoms with van der Waals surface area (Å²) in [6.45, 7) is 5.22. The molecule has 0 radical (unpaired) electrons. The molecule has 4 heterocycles. The number of halogens is 12. The number of allylic oxidation sites excluding steroid dienone is 1.